The van der Waals surface area contributed by atoms with E-state index in [1.807, 2.05) is 12.1 Å². The van der Waals surface area contributed by atoms with Crippen molar-refractivity contribution < 1.29 is 84.9 Å². The fourth-order valence-electron chi connectivity index (χ4n) is 5.02. The Balaban J connectivity index is 0.00000197. The van der Waals surface area contributed by atoms with Gasteiger partial charge in [-0.3, -0.25) is 14.4 Å². The van der Waals surface area contributed by atoms with Crippen LogP contribution < -0.4 is 32.0 Å². The van der Waals surface area contributed by atoms with Gasteiger partial charge in [-0.2, -0.15) is 13.2 Å². The third kappa shape index (κ3) is 27.8. The number of phenols is 1. The molecule has 0 fully saturated rings. The molecule has 0 spiro atoms. The Morgan fingerprint density at radius 3 is 1.74 bits per heavy atom. The molecule has 0 unspecified atom stereocenters. The SMILES string of the molecule is NCCCOCCOCCOCCCNC(=O)c1cc2ccc(OCC(=O)NCCOCCOCCOCCOCCC(=O)NCCc3ccc(O)cc3)cc2oc1=O.O=C(O)C(F)(F)F. The summed E-state index contributed by atoms with van der Waals surface area (Å²) in [5.41, 5.74) is 5.74. The Morgan fingerprint density at radius 2 is 1.17 bits per heavy atom. The first-order chi connectivity index (χ1) is 31.8. The third-order valence-electron chi connectivity index (χ3n) is 8.38. The van der Waals surface area contributed by atoms with E-state index in [2.05, 4.69) is 16.0 Å². The van der Waals surface area contributed by atoms with Crippen LogP contribution in [0.1, 0.15) is 35.2 Å². The van der Waals surface area contributed by atoms with Crippen LogP contribution in [0, 0.1) is 0 Å². The summed E-state index contributed by atoms with van der Waals surface area (Å²) in [6.45, 7) is 7.17. The fourth-order valence-corrected chi connectivity index (χ4v) is 5.02. The largest absolute Gasteiger partial charge is 0.508 e. The number of alkyl halides is 3. The number of hydrogen-bond donors (Lipinski definition) is 6. The molecule has 0 aliphatic heterocycles. The highest BCUT2D eigenvalue weighted by Gasteiger charge is 2.38. The monoisotopic (exact) mass is 946 g/mol. The van der Waals surface area contributed by atoms with Crippen LogP contribution in [0.2, 0.25) is 0 Å². The standard InChI is InChI=1S/C41H60N4O14.C2HF3O2/c42-11-1-15-51-19-23-55-24-20-52-16-2-12-45-40(49)36-29-33-5-8-35(30-37(33)59-41(36)50)58-31-39(48)44-14-18-54-22-26-57-28-27-56-25-21-53-17-10-38(47)43-13-9-32-3-6-34(46)7-4-32;3-2(4,5)1(6)7/h3-8,29-30,46H,1-2,9-28,31,42H2,(H,43,47)(H,44,48)(H,45,49);(H,6,7). The highest BCUT2D eigenvalue weighted by atomic mass is 19.4. The van der Waals surface area contributed by atoms with Crippen LogP contribution >= 0.6 is 0 Å². The molecule has 0 aliphatic carbocycles. The Morgan fingerprint density at radius 1 is 0.636 bits per heavy atom. The number of carboxylic acid groups (broad SMARTS) is 1. The highest BCUT2D eigenvalue weighted by molar-refractivity contribution is 5.96. The molecule has 3 aromatic rings. The van der Waals surface area contributed by atoms with Gasteiger partial charge in [-0.25, -0.2) is 9.59 Å². The molecule has 20 nitrogen and oxygen atoms in total. The third-order valence-corrected chi connectivity index (χ3v) is 8.38. The van der Waals surface area contributed by atoms with Crippen LogP contribution in [0.3, 0.4) is 0 Å². The zero-order chi connectivity index (χ0) is 48.3. The lowest BCUT2D eigenvalue weighted by atomic mass is 10.1. The summed E-state index contributed by atoms with van der Waals surface area (Å²) in [6, 6.07) is 13.1. The molecule has 0 saturated heterocycles. The van der Waals surface area contributed by atoms with Gasteiger partial charge >= 0.3 is 17.8 Å². The van der Waals surface area contributed by atoms with Crippen LogP contribution in [0.25, 0.3) is 11.0 Å². The van der Waals surface area contributed by atoms with Crippen molar-refractivity contribution in [1.82, 2.24) is 16.0 Å². The number of benzene rings is 2. The first kappa shape index (κ1) is 56.7. The minimum Gasteiger partial charge on any atom is -0.508 e. The van der Waals surface area contributed by atoms with Crippen LogP contribution in [0.15, 0.2) is 57.7 Å². The van der Waals surface area contributed by atoms with E-state index in [0.717, 1.165) is 12.0 Å². The maximum atomic E-state index is 12.6. The van der Waals surface area contributed by atoms with E-state index in [-0.39, 0.29) is 54.9 Å². The number of carboxylic acids is 1. The van der Waals surface area contributed by atoms with Crippen molar-refractivity contribution in [2.75, 3.05) is 125 Å². The van der Waals surface area contributed by atoms with Gasteiger partial charge in [-0.1, -0.05) is 12.1 Å². The van der Waals surface area contributed by atoms with Crippen molar-refractivity contribution in [2.45, 2.75) is 31.9 Å². The average molecular weight is 947 g/mol. The predicted molar refractivity (Wildman–Crippen MR) is 230 cm³/mol. The van der Waals surface area contributed by atoms with Crippen LogP contribution in [-0.4, -0.2) is 165 Å². The number of nitrogens with two attached hydrogens (primary N) is 1. The Hall–Kier alpha value is -5.40. The molecule has 66 heavy (non-hydrogen) atoms. The van der Waals surface area contributed by atoms with Crippen molar-refractivity contribution in [3.05, 3.63) is 70.1 Å². The van der Waals surface area contributed by atoms with Crippen LogP contribution in [0.4, 0.5) is 13.2 Å². The average Bonchev–Trinajstić information content (AvgIpc) is 3.28. The number of carbonyl (C=O) groups is 4. The lowest BCUT2D eigenvalue weighted by Crippen LogP contribution is -2.32. The number of amides is 3. The van der Waals surface area contributed by atoms with Gasteiger partial charge in [0.1, 0.15) is 22.6 Å². The van der Waals surface area contributed by atoms with E-state index in [1.165, 1.54) is 12.1 Å². The number of aliphatic carboxylic acids is 1. The maximum absolute atomic E-state index is 12.6. The number of nitrogens with one attached hydrogen (secondary N) is 3. The zero-order valence-corrected chi connectivity index (χ0v) is 36.7. The lowest BCUT2D eigenvalue weighted by molar-refractivity contribution is -0.192. The van der Waals surface area contributed by atoms with E-state index in [0.29, 0.717) is 130 Å². The lowest BCUT2D eigenvalue weighted by Gasteiger charge is -2.10. The molecular weight excluding hydrogens is 885 g/mol. The number of phenolic OH excluding ortho intramolecular Hbond substituents is 1. The minimum absolute atomic E-state index is 0.0848. The van der Waals surface area contributed by atoms with Crippen LogP contribution in [-0.2, 0) is 54.0 Å². The van der Waals surface area contributed by atoms with Gasteiger partial charge < -0.3 is 74.2 Å². The quantitative estimate of drug-likeness (QED) is 0.0363. The predicted octanol–water partition coefficient (Wildman–Crippen LogP) is 1.96. The van der Waals surface area contributed by atoms with E-state index in [4.69, 9.17) is 57.9 Å². The van der Waals surface area contributed by atoms with Gasteiger partial charge in [0.05, 0.1) is 79.3 Å². The second-order valence-electron chi connectivity index (χ2n) is 13.6. The first-order valence-electron chi connectivity index (χ1n) is 21.1. The summed E-state index contributed by atoms with van der Waals surface area (Å²) in [7, 11) is 0. The number of halogens is 3. The van der Waals surface area contributed by atoms with E-state index in [9.17, 15) is 37.5 Å². The second kappa shape index (κ2) is 34.9. The molecule has 1 aromatic heterocycles. The van der Waals surface area contributed by atoms with Gasteiger partial charge in [0.2, 0.25) is 5.91 Å². The number of fused-ring (bicyclic) bond motifs is 1. The molecule has 3 amide bonds. The van der Waals surface area contributed by atoms with Crippen molar-refractivity contribution >= 4 is 34.7 Å². The number of ether oxygens (including phenoxy) is 8. The molecule has 2 aromatic carbocycles. The molecule has 23 heteroatoms. The molecule has 7 N–H and O–H groups in total. The number of hydrogen-bond acceptors (Lipinski definition) is 16. The van der Waals surface area contributed by atoms with Gasteiger partial charge in [0, 0.05) is 50.7 Å². The molecule has 0 saturated carbocycles. The molecule has 0 bridgehead atoms. The highest BCUT2D eigenvalue weighted by Crippen LogP contribution is 2.21. The van der Waals surface area contributed by atoms with E-state index < -0.39 is 23.7 Å². The Labute approximate surface area is 379 Å². The van der Waals surface area contributed by atoms with E-state index in [1.54, 1.807) is 24.3 Å². The van der Waals surface area contributed by atoms with Crippen molar-refractivity contribution in [2.24, 2.45) is 5.73 Å². The van der Waals surface area contributed by atoms with Crippen molar-refractivity contribution in [3.8, 4) is 11.5 Å². The number of carbonyl (C=O) groups excluding carboxylic acids is 3. The molecule has 0 radical (unpaired) electrons. The van der Waals surface area contributed by atoms with Gasteiger partial charge in [-0.05, 0) is 61.7 Å². The molecule has 1 heterocycles. The summed E-state index contributed by atoms with van der Waals surface area (Å²) < 4.78 is 80.7. The summed E-state index contributed by atoms with van der Waals surface area (Å²) >= 11 is 0. The summed E-state index contributed by atoms with van der Waals surface area (Å²) in [6.07, 6.45) is -2.76. The smallest absolute Gasteiger partial charge is 0.490 e. The first-order valence-corrected chi connectivity index (χ1v) is 21.1. The molecule has 0 atom stereocenters. The van der Waals surface area contributed by atoms with Gasteiger partial charge in [-0.15, -0.1) is 0 Å². The Bertz CT molecular complexity index is 1890. The Kier molecular flexibility index (Phi) is 30.0. The summed E-state index contributed by atoms with van der Waals surface area (Å²) in [4.78, 5) is 58.2. The summed E-state index contributed by atoms with van der Waals surface area (Å²) in [5.74, 6) is -3.22. The van der Waals surface area contributed by atoms with Gasteiger partial charge in [0.15, 0.2) is 6.61 Å². The number of rotatable bonds is 35. The maximum Gasteiger partial charge on any atom is 0.490 e. The normalized spacial score (nSPS) is 11.2. The second-order valence-corrected chi connectivity index (χ2v) is 13.6. The molecule has 370 valence electrons. The molecule has 0 aliphatic rings. The zero-order valence-electron chi connectivity index (χ0n) is 36.7. The number of aromatic hydroxyl groups is 1. The molecular formula is C43H61F3N4O16. The summed E-state index contributed by atoms with van der Waals surface area (Å²) in [5, 5.41) is 25.2. The van der Waals surface area contributed by atoms with Crippen LogP contribution in [0.5, 0.6) is 11.5 Å². The molecule has 3 rings (SSSR count). The topological polar surface area (TPSA) is 275 Å². The van der Waals surface area contributed by atoms with Gasteiger partial charge in [0.25, 0.3) is 11.8 Å². The minimum atomic E-state index is -5.08. The van der Waals surface area contributed by atoms with E-state index >= 15 is 0 Å². The van der Waals surface area contributed by atoms with Crippen molar-refractivity contribution in [3.63, 3.8) is 0 Å². The van der Waals surface area contributed by atoms with Crippen molar-refractivity contribution in [1.29, 1.82) is 0 Å². The fraction of sp³-hybridized carbons (Fsp3) is 0.558.